The van der Waals surface area contributed by atoms with Crippen LogP contribution < -0.4 is 10.6 Å². The number of rotatable bonds is 5. The van der Waals surface area contributed by atoms with Gasteiger partial charge < -0.3 is 20.4 Å². The Balaban J connectivity index is 2.33. The summed E-state index contributed by atoms with van der Waals surface area (Å²) in [7, 11) is 3.44. The van der Waals surface area contributed by atoms with Gasteiger partial charge in [0.25, 0.3) is 0 Å². The van der Waals surface area contributed by atoms with E-state index >= 15 is 0 Å². The maximum absolute atomic E-state index is 5.08. The molecule has 17 heavy (non-hydrogen) atoms. The van der Waals surface area contributed by atoms with Gasteiger partial charge in [0.05, 0.1) is 12.9 Å². The van der Waals surface area contributed by atoms with E-state index in [1.54, 1.807) is 20.5 Å². The van der Waals surface area contributed by atoms with Gasteiger partial charge in [0.15, 0.2) is 11.5 Å². The van der Waals surface area contributed by atoms with Gasteiger partial charge in [-0.2, -0.15) is 9.97 Å². The second kappa shape index (κ2) is 4.96. The maximum Gasteiger partial charge on any atom is 0.226 e. The Hall–Kier alpha value is -1.89. The molecular weight excluding hydrogens is 220 g/mol. The Morgan fingerprint density at radius 3 is 3.00 bits per heavy atom. The van der Waals surface area contributed by atoms with E-state index in [2.05, 4.69) is 30.6 Å². The van der Waals surface area contributed by atoms with Crippen molar-refractivity contribution in [1.82, 2.24) is 19.9 Å². The van der Waals surface area contributed by atoms with Crippen LogP contribution in [-0.2, 0) is 4.74 Å². The summed E-state index contributed by atoms with van der Waals surface area (Å²) in [6, 6.07) is 0.158. The molecule has 0 saturated carbocycles. The highest BCUT2D eigenvalue weighted by molar-refractivity contribution is 5.83. The topological polar surface area (TPSA) is 87.8 Å². The first-order valence-electron chi connectivity index (χ1n) is 5.39. The van der Waals surface area contributed by atoms with Crippen molar-refractivity contribution in [3.8, 4) is 0 Å². The minimum atomic E-state index is 0.158. The Morgan fingerprint density at radius 2 is 2.29 bits per heavy atom. The van der Waals surface area contributed by atoms with Gasteiger partial charge in [0.2, 0.25) is 5.95 Å². The van der Waals surface area contributed by atoms with E-state index in [-0.39, 0.29) is 6.04 Å². The van der Waals surface area contributed by atoms with E-state index in [0.29, 0.717) is 18.2 Å². The number of methoxy groups -OCH3 is 1. The fourth-order valence-corrected chi connectivity index (χ4v) is 1.57. The summed E-state index contributed by atoms with van der Waals surface area (Å²) in [5, 5.41) is 6.17. The minimum absolute atomic E-state index is 0.158. The summed E-state index contributed by atoms with van der Waals surface area (Å²) >= 11 is 0. The van der Waals surface area contributed by atoms with Gasteiger partial charge in [0.1, 0.15) is 5.52 Å². The largest absolute Gasteiger partial charge is 0.383 e. The lowest BCUT2D eigenvalue weighted by Gasteiger charge is -2.14. The summed E-state index contributed by atoms with van der Waals surface area (Å²) in [4.78, 5) is 15.7. The minimum Gasteiger partial charge on any atom is -0.383 e. The van der Waals surface area contributed by atoms with Crippen LogP contribution in [0.25, 0.3) is 11.2 Å². The van der Waals surface area contributed by atoms with Crippen LogP contribution in [0.15, 0.2) is 6.33 Å². The van der Waals surface area contributed by atoms with Crippen molar-refractivity contribution in [2.24, 2.45) is 0 Å². The van der Waals surface area contributed by atoms with Gasteiger partial charge in [-0.15, -0.1) is 0 Å². The lowest BCUT2D eigenvalue weighted by atomic mass is 10.3. The Bertz CT molecular complexity index is 497. The van der Waals surface area contributed by atoms with Gasteiger partial charge in [-0.1, -0.05) is 0 Å². The second-order valence-corrected chi connectivity index (χ2v) is 3.75. The van der Waals surface area contributed by atoms with Crippen molar-refractivity contribution < 1.29 is 4.74 Å². The number of aromatic nitrogens is 4. The standard InChI is InChI=1S/C10H16N6O/c1-6(4-17-3)14-9-7-8(13-5-12-7)15-10(11-2)16-9/h5-6H,4H2,1-3H3,(H3,11,12,13,14,15,16). The SMILES string of the molecule is CNc1nc(NC(C)COC)c2[nH]cnc2n1. The lowest BCUT2D eigenvalue weighted by Crippen LogP contribution is -2.22. The van der Waals surface area contributed by atoms with Crippen molar-refractivity contribution in [3.05, 3.63) is 6.33 Å². The van der Waals surface area contributed by atoms with Crippen LogP contribution in [0.1, 0.15) is 6.92 Å². The molecule has 2 rings (SSSR count). The molecule has 1 unspecified atom stereocenters. The summed E-state index contributed by atoms with van der Waals surface area (Å²) < 4.78 is 5.08. The van der Waals surface area contributed by atoms with Crippen LogP contribution in [-0.4, -0.2) is 46.7 Å². The van der Waals surface area contributed by atoms with E-state index < -0.39 is 0 Å². The van der Waals surface area contributed by atoms with Gasteiger partial charge in [0, 0.05) is 20.2 Å². The van der Waals surface area contributed by atoms with Crippen molar-refractivity contribution in [2.45, 2.75) is 13.0 Å². The van der Waals surface area contributed by atoms with Gasteiger partial charge in [-0.25, -0.2) is 4.98 Å². The number of aromatic amines is 1. The normalized spacial score (nSPS) is 12.6. The monoisotopic (exact) mass is 236 g/mol. The summed E-state index contributed by atoms with van der Waals surface area (Å²) in [6.45, 7) is 2.63. The van der Waals surface area contributed by atoms with E-state index in [0.717, 1.165) is 11.3 Å². The van der Waals surface area contributed by atoms with Crippen molar-refractivity contribution >= 4 is 22.9 Å². The molecule has 2 aromatic heterocycles. The number of H-pyrrole nitrogens is 1. The van der Waals surface area contributed by atoms with Crippen molar-refractivity contribution in [3.63, 3.8) is 0 Å². The number of nitrogens with one attached hydrogen (secondary N) is 3. The van der Waals surface area contributed by atoms with E-state index in [4.69, 9.17) is 4.74 Å². The molecule has 3 N–H and O–H groups in total. The van der Waals surface area contributed by atoms with Crippen molar-refractivity contribution in [2.75, 3.05) is 31.4 Å². The third-order valence-corrected chi connectivity index (χ3v) is 2.31. The lowest BCUT2D eigenvalue weighted by molar-refractivity contribution is 0.190. The molecule has 2 heterocycles. The first kappa shape index (κ1) is 11.6. The van der Waals surface area contributed by atoms with E-state index in [9.17, 15) is 0 Å². The smallest absolute Gasteiger partial charge is 0.226 e. The van der Waals surface area contributed by atoms with Crippen LogP contribution in [0.2, 0.25) is 0 Å². The molecule has 0 aliphatic rings. The van der Waals surface area contributed by atoms with Crippen molar-refractivity contribution in [1.29, 1.82) is 0 Å². The van der Waals surface area contributed by atoms with Gasteiger partial charge in [-0.3, -0.25) is 0 Å². The number of hydrogen-bond acceptors (Lipinski definition) is 6. The molecule has 0 aromatic carbocycles. The number of anilines is 2. The molecule has 7 nitrogen and oxygen atoms in total. The zero-order valence-corrected chi connectivity index (χ0v) is 10.1. The highest BCUT2D eigenvalue weighted by Gasteiger charge is 2.11. The fraction of sp³-hybridized carbons (Fsp3) is 0.500. The third-order valence-electron chi connectivity index (χ3n) is 2.31. The number of imidazole rings is 1. The molecule has 0 fully saturated rings. The molecule has 92 valence electrons. The highest BCUT2D eigenvalue weighted by atomic mass is 16.5. The molecular formula is C10H16N6O. The molecule has 0 aliphatic heterocycles. The van der Waals surface area contributed by atoms with Crippen LogP contribution in [0.4, 0.5) is 11.8 Å². The van der Waals surface area contributed by atoms with Crippen LogP contribution in [0, 0.1) is 0 Å². The highest BCUT2D eigenvalue weighted by Crippen LogP contribution is 2.18. The summed E-state index contributed by atoms with van der Waals surface area (Å²) in [5.41, 5.74) is 1.43. The van der Waals surface area contributed by atoms with Crippen LogP contribution >= 0.6 is 0 Å². The average molecular weight is 236 g/mol. The Kier molecular flexibility index (Phi) is 3.38. The first-order chi connectivity index (χ1) is 8.24. The number of nitrogens with zero attached hydrogens (tertiary/aromatic N) is 3. The van der Waals surface area contributed by atoms with E-state index in [1.165, 1.54) is 0 Å². The molecule has 2 aromatic rings. The Morgan fingerprint density at radius 1 is 1.47 bits per heavy atom. The molecule has 0 radical (unpaired) electrons. The summed E-state index contributed by atoms with van der Waals surface area (Å²) in [5.74, 6) is 1.26. The average Bonchev–Trinajstić information content (AvgIpc) is 2.77. The second-order valence-electron chi connectivity index (χ2n) is 3.75. The quantitative estimate of drug-likeness (QED) is 0.713. The van der Waals surface area contributed by atoms with E-state index in [1.807, 2.05) is 6.92 Å². The van der Waals surface area contributed by atoms with Crippen LogP contribution in [0.5, 0.6) is 0 Å². The Labute approximate surface area is 99.0 Å². The molecule has 0 spiro atoms. The molecule has 0 saturated heterocycles. The summed E-state index contributed by atoms with van der Waals surface area (Å²) in [6.07, 6.45) is 1.60. The zero-order valence-electron chi connectivity index (χ0n) is 10.1. The third kappa shape index (κ3) is 2.44. The molecule has 1 atom stereocenters. The molecule has 0 bridgehead atoms. The predicted octanol–water partition coefficient (Wildman–Crippen LogP) is 0.841. The fourth-order valence-electron chi connectivity index (χ4n) is 1.57. The molecule has 0 amide bonds. The number of ether oxygens (including phenoxy) is 1. The maximum atomic E-state index is 5.08. The zero-order chi connectivity index (χ0) is 12.3. The number of hydrogen-bond donors (Lipinski definition) is 3. The van der Waals surface area contributed by atoms with Crippen LogP contribution in [0.3, 0.4) is 0 Å². The molecule has 7 heteroatoms. The molecule has 0 aliphatic carbocycles. The first-order valence-corrected chi connectivity index (χ1v) is 5.39. The van der Waals surface area contributed by atoms with Gasteiger partial charge >= 0.3 is 0 Å². The van der Waals surface area contributed by atoms with Gasteiger partial charge in [-0.05, 0) is 6.92 Å². The predicted molar refractivity (Wildman–Crippen MR) is 66.2 cm³/mol. The number of fused-ring (bicyclic) bond motifs is 1.